The molecule has 2 rings (SSSR count). The quantitative estimate of drug-likeness (QED) is 0.475. The first-order chi connectivity index (χ1) is 9.61. The summed E-state index contributed by atoms with van der Waals surface area (Å²) in [5, 5.41) is 0. The van der Waals surface area contributed by atoms with E-state index in [1.54, 1.807) is 6.07 Å². The van der Waals surface area contributed by atoms with Crippen molar-refractivity contribution in [2.24, 2.45) is 0 Å². The Bertz CT molecular complexity index is 626. The number of carbonyl (C=O) groups is 1. The molecule has 0 heterocycles. The van der Waals surface area contributed by atoms with Crippen molar-refractivity contribution in [1.82, 2.24) is 0 Å². The second-order valence-corrected chi connectivity index (χ2v) is 6.43. The van der Waals surface area contributed by atoms with Crippen LogP contribution < -0.4 is 4.74 Å². The van der Waals surface area contributed by atoms with Crippen molar-refractivity contribution < 1.29 is 9.53 Å². The molecule has 2 aromatic rings. The van der Waals surface area contributed by atoms with Gasteiger partial charge in [-0.05, 0) is 75.3 Å². The fourth-order valence-corrected chi connectivity index (χ4v) is 2.80. The largest absolute Gasteiger partial charge is 0.492 e. The summed E-state index contributed by atoms with van der Waals surface area (Å²) < 4.78 is 7.45. The Balaban J connectivity index is 2.25. The Morgan fingerprint density at radius 2 is 1.95 bits per heavy atom. The van der Waals surface area contributed by atoms with Gasteiger partial charge in [-0.15, -0.1) is 0 Å². The highest BCUT2D eigenvalue weighted by Crippen LogP contribution is 2.27. The summed E-state index contributed by atoms with van der Waals surface area (Å²) in [6, 6.07) is 13.0. The van der Waals surface area contributed by atoms with Gasteiger partial charge in [-0.25, -0.2) is 0 Å². The molecule has 0 amide bonds. The van der Waals surface area contributed by atoms with Crippen LogP contribution in [0.15, 0.2) is 46.9 Å². The molecule has 0 radical (unpaired) electrons. The molecular weight excluding hydrogens is 431 g/mol. The number of carbonyl (C=O) groups excluding carboxylic acids is 1. The molecule has 104 valence electrons. The third kappa shape index (κ3) is 3.82. The molecule has 2 aromatic carbocycles. The SMILES string of the molecule is CCCOc1ccc(C(=O)c2cccc(I)c2)cc1Br. The summed E-state index contributed by atoms with van der Waals surface area (Å²) in [6.07, 6.45) is 0.954. The molecule has 0 fully saturated rings. The number of benzene rings is 2. The lowest BCUT2D eigenvalue weighted by Crippen LogP contribution is -2.02. The van der Waals surface area contributed by atoms with Gasteiger partial charge in [0.25, 0.3) is 0 Å². The van der Waals surface area contributed by atoms with Crippen LogP contribution in [0.25, 0.3) is 0 Å². The Hall–Kier alpha value is -0.880. The fourth-order valence-electron chi connectivity index (χ4n) is 1.77. The summed E-state index contributed by atoms with van der Waals surface area (Å²) in [7, 11) is 0. The number of hydrogen-bond acceptors (Lipinski definition) is 2. The molecule has 0 aliphatic carbocycles. The van der Waals surface area contributed by atoms with E-state index < -0.39 is 0 Å². The van der Waals surface area contributed by atoms with Gasteiger partial charge in [-0.2, -0.15) is 0 Å². The van der Waals surface area contributed by atoms with Crippen molar-refractivity contribution in [2.45, 2.75) is 13.3 Å². The van der Waals surface area contributed by atoms with Crippen LogP contribution in [0.3, 0.4) is 0 Å². The third-order valence-corrected chi connectivity index (χ3v) is 4.03. The molecule has 0 bridgehead atoms. The van der Waals surface area contributed by atoms with Gasteiger partial charge in [0.05, 0.1) is 11.1 Å². The van der Waals surface area contributed by atoms with E-state index in [9.17, 15) is 4.79 Å². The Morgan fingerprint density at radius 3 is 2.60 bits per heavy atom. The lowest BCUT2D eigenvalue weighted by Gasteiger charge is -2.08. The number of ether oxygens (including phenoxy) is 1. The van der Waals surface area contributed by atoms with E-state index in [1.165, 1.54) is 0 Å². The minimum Gasteiger partial charge on any atom is -0.492 e. The van der Waals surface area contributed by atoms with E-state index in [-0.39, 0.29) is 5.78 Å². The molecule has 0 aliphatic rings. The van der Waals surface area contributed by atoms with E-state index in [2.05, 4.69) is 45.4 Å². The van der Waals surface area contributed by atoms with Crippen molar-refractivity contribution >= 4 is 44.3 Å². The van der Waals surface area contributed by atoms with Crippen LogP contribution in [0.1, 0.15) is 29.3 Å². The second-order valence-electron chi connectivity index (χ2n) is 4.33. The van der Waals surface area contributed by atoms with Gasteiger partial charge in [-0.3, -0.25) is 4.79 Å². The van der Waals surface area contributed by atoms with Crippen LogP contribution in [-0.4, -0.2) is 12.4 Å². The molecule has 0 saturated heterocycles. The standard InChI is InChI=1S/C16H14BrIO2/c1-2-8-20-15-7-6-12(10-14(15)17)16(19)11-4-3-5-13(18)9-11/h3-7,9-10H,2,8H2,1H3. The van der Waals surface area contributed by atoms with Crippen LogP contribution in [0, 0.1) is 3.57 Å². The monoisotopic (exact) mass is 444 g/mol. The minimum absolute atomic E-state index is 0.0197. The topological polar surface area (TPSA) is 26.3 Å². The van der Waals surface area contributed by atoms with Gasteiger partial charge in [-0.1, -0.05) is 19.1 Å². The van der Waals surface area contributed by atoms with Gasteiger partial charge in [0, 0.05) is 14.7 Å². The van der Waals surface area contributed by atoms with Gasteiger partial charge >= 0.3 is 0 Å². The Labute approximate surface area is 140 Å². The van der Waals surface area contributed by atoms with Gasteiger partial charge in [0.2, 0.25) is 0 Å². The van der Waals surface area contributed by atoms with E-state index in [0.717, 1.165) is 20.2 Å². The molecule has 2 nitrogen and oxygen atoms in total. The van der Waals surface area contributed by atoms with Crippen molar-refractivity contribution in [3.63, 3.8) is 0 Å². The van der Waals surface area contributed by atoms with Crippen LogP contribution in [0.4, 0.5) is 0 Å². The van der Waals surface area contributed by atoms with E-state index >= 15 is 0 Å². The smallest absolute Gasteiger partial charge is 0.193 e. The first-order valence-corrected chi connectivity index (χ1v) is 8.21. The molecule has 0 N–H and O–H groups in total. The second kappa shape index (κ2) is 7.22. The maximum absolute atomic E-state index is 12.4. The fraction of sp³-hybridized carbons (Fsp3) is 0.188. The summed E-state index contributed by atoms with van der Waals surface area (Å²) >= 11 is 5.66. The number of rotatable bonds is 5. The highest BCUT2D eigenvalue weighted by atomic mass is 127. The van der Waals surface area contributed by atoms with Crippen molar-refractivity contribution in [3.8, 4) is 5.75 Å². The normalized spacial score (nSPS) is 10.3. The van der Waals surface area contributed by atoms with Gasteiger partial charge in [0.1, 0.15) is 5.75 Å². The van der Waals surface area contributed by atoms with Crippen LogP contribution in [0.2, 0.25) is 0 Å². The highest BCUT2D eigenvalue weighted by Gasteiger charge is 2.11. The lowest BCUT2D eigenvalue weighted by atomic mass is 10.0. The molecule has 4 heteroatoms. The maximum atomic E-state index is 12.4. The maximum Gasteiger partial charge on any atom is 0.193 e. The van der Waals surface area contributed by atoms with Crippen LogP contribution in [-0.2, 0) is 0 Å². The lowest BCUT2D eigenvalue weighted by molar-refractivity contribution is 0.103. The van der Waals surface area contributed by atoms with Crippen LogP contribution >= 0.6 is 38.5 Å². The van der Waals surface area contributed by atoms with E-state index in [1.807, 2.05) is 36.4 Å². The molecule has 0 atom stereocenters. The molecule has 0 unspecified atom stereocenters. The zero-order valence-corrected chi connectivity index (χ0v) is 14.8. The Kier molecular flexibility index (Phi) is 5.60. The highest BCUT2D eigenvalue weighted by molar-refractivity contribution is 14.1. The zero-order chi connectivity index (χ0) is 14.5. The predicted molar refractivity (Wildman–Crippen MR) is 92.5 cm³/mol. The molecule has 20 heavy (non-hydrogen) atoms. The van der Waals surface area contributed by atoms with Gasteiger partial charge in [0.15, 0.2) is 5.78 Å². The minimum atomic E-state index is 0.0197. The number of hydrogen-bond donors (Lipinski definition) is 0. The van der Waals surface area contributed by atoms with Crippen LogP contribution in [0.5, 0.6) is 5.75 Å². The molecule has 0 spiro atoms. The molecule has 0 saturated carbocycles. The summed E-state index contributed by atoms with van der Waals surface area (Å²) in [5.74, 6) is 0.789. The number of ketones is 1. The average Bonchev–Trinajstić information content (AvgIpc) is 2.45. The average molecular weight is 445 g/mol. The summed E-state index contributed by atoms with van der Waals surface area (Å²) in [4.78, 5) is 12.4. The van der Waals surface area contributed by atoms with Gasteiger partial charge < -0.3 is 4.74 Å². The summed E-state index contributed by atoms with van der Waals surface area (Å²) in [5.41, 5.74) is 1.36. The molecule has 0 aliphatic heterocycles. The van der Waals surface area contributed by atoms with E-state index in [0.29, 0.717) is 17.7 Å². The predicted octanol–water partition coefficient (Wildman–Crippen LogP) is 5.07. The molecule has 0 aromatic heterocycles. The first kappa shape index (κ1) is 15.5. The first-order valence-electron chi connectivity index (χ1n) is 6.34. The van der Waals surface area contributed by atoms with Crippen molar-refractivity contribution in [2.75, 3.05) is 6.61 Å². The summed E-state index contributed by atoms with van der Waals surface area (Å²) in [6.45, 7) is 2.73. The third-order valence-electron chi connectivity index (χ3n) is 2.74. The van der Waals surface area contributed by atoms with Crippen molar-refractivity contribution in [3.05, 3.63) is 61.6 Å². The molecular formula is C16H14BrIO2. The van der Waals surface area contributed by atoms with Crippen molar-refractivity contribution in [1.29, 1.82) is 0 Å². The van der Waals surface area contributed by atoms with E-state index in [4.69, 9.17) is 4.74 Å². The number of halogens is 2. The zero-order valence-electron chi connectivity index (χ0n) is 11.0. The Morgan fingerprint density at radius 1 is 1.20 bits per heavy atom.